The minimum atomic E-state index is -3.60. The lowest BCUT2D eigenvalue weighted by molar-refractivity contribution is 0.0719. The molecule has 3 heterocycles. The van der Waals surface area contributed by atoms with E-state index in [-0.39, 0.29) is 37.4 Å². The molecule has 3 N–H and O–H groups in total. The number of likely N-dealkylation sites (tertiary alicyclic amines) is 1. The van der Waals surface area contributed by atoms with Gasteiger partial charge in [-0.3, -0.25) is 4.79 Å². The first-order chi connectivity index (χ1) is 12.3. The number of amides is 1. The third-order valence-electron chi connectivity index (χ3n) is 5.27. The van der Waals surface area contributed by atoms with Gasteiger partial charge in [0, 0.05) is 25.6 Å². The molecule has 1 aromatic heterocycles. The summed E-state index contributed by atoms with van der Waals surface area (Å²) in [5.41, 5.74) is 0.0103. The molecule has 0 spiro atoms. The molecule has 1 aromatic rings. The molecule has 2 fully saturated rings. The number of nitrogens with two attached hydrogens (primary N) is 1. The quantitative estimate of drug-likeness (QED) is 0.774. The molecule has 2 aliphatic heterocycles. The molecule has 2 saturated heterocycles. The van der Waals surface area contributed by atoms with Crippen molar-refractivity contribution in [2.75, 3.05) is 26.2 Å². The highest BCUT2D eigenvalue weighted by molar-refractivity contribution is 7.89. The lowest BCUT2D eigenvalue weighted by atomic mass is 9.95. The molecule has 0 aromatic carbocycles. The summed E-state index contributed by atoms with van der Waals surface area (Å²) in [5, 5.41) is 7.82. The highest BCUT2D eigenvalue weighted by Gasteiger charge is 2.32. The molecule has 8 nitrogen and oxygen atoms in total. The van der Waals surface area contributed by atoms with Crippen LogP contribution in [0.3, 0.4) is 0 Å². The van der Waals surface area contributed by atoms with Crippen molar-refractivity contribution < 1.29 is 17.6 Å². The number of carbonyl (C=O) groups excluding carboxylic acids is 1. The summed E-state index contributed by atoms with van der Waals surface area (Å²) in [6.07, 6.45) is 2.53. The van der Waals surface area contributed by atoms with Gasteiger partial charge < -0.3 is 14.6 Å². The summed E-state index contributed by atoms with van der Waals surface area (Å²) >= 11 is 0. The van der Waals surface area contributed by atoms with Crippen molar-refractivity contribution in [1.82, 2.24) is 10.2 Å². The molecular formula is C17H25N3O5S. The third-order valence-corrected chi connectivity index (χ3v) is 6.68. The molecule has 2 aliphatic rings. The zero-order chi connectivity index (χ0) is 18.9. The Bertz CT molecular complexity index is 834. The largest absolute Gasteiger partial charge is 0.427 e. The number of sulfonamides is 1. The summed E-state index contributed by atoms with van der Waals surface area (Å²) < 4.78 is 28.3. The van der Waals surface area contributed by atoms with Crippen molar-refractivity contribution in [3.63, 3.8) is 0 Å². The maximum Gasteiger partial charge on any atom is 0.349 e. The lowest BCUT2D eigenvalue weighted by Crippen LogP contribution is -2.45. The second-order valence-corrected chi connectivity index (χ2v) is 8.96. The van der Waals surface area contributed by atoms with Crippen LogP contribution in [0.4, 0.5) is 0 Å². The Morgan fingerprint density at radius 2 is 2.00 bits per heavy atom. The fourth-order valence-corrected chi connectivity index (χ4v) is 4.60. The Morgan fingerprint density at radius 3 is 2.54 bits per heavy atom. The van der Waals surface area contributed by atoms with Gasteiger partial charge in [-0.15, -0.1) is 0 Å². The van der Waals surface area contributed by atoms with Crippen LogP contribution < -0.4 is 16.1 Å². The number of hydrogen-bond donors (Lipinski definition) is 2. The lowest BCUT2D eigenvalue weighted by Gasteiger charge is -2.31. The molecule has 0 saturated carbocycles. The number of piperidine rings is 2. The van der Waals surface area contributed by atoms with Crippen LogP contribution >= 0.6 is 0 Å². The second-order valence-electron chi connectivity index (χ2n) is 7.12. The van der Waals surface area contributed by atoms with Gasteiger partial charge in [0.25, 0.3) is 5.91 Å². The molecule has 26 heavy (non-hydrogen) atoms. The molecule has 0 radical (unpaired) electrons. The number of rotatable bonds is 3. The standard InChI is InChI=1S/C17H25N3O5S/c1-11-9-14(12-3-2-6-19-10-12)25-17(22)15(11)16(21)20-7-4-13(5-8-20)26(18,23)24/h9,12-13,19H,2-8,10H2,1H3,(H2,18,23,24). The zero-order valence-electron chi connectivity index (χ0n) is 14.9. The predicted molar refractivity (Wildman–Crippen MR) is 96.6 cm³/mol. The summed E-state index contributed by atoms with van der Waals surface area (Å²) in [7, 11) is -3.60. The molecule has 3 rings (SSSR count). The van der Waals surface area contributed by atoms with Crippen LogP contribution in [0.25, 0.3) is 0 Å². The Labute approximate surface area is 152 Å². The van der Waals surface area contributed by atoms with Gasteiger partial charge in [0.1, 0.15) is 11.3 Å². The van der Waals surface area contributed by atoms with Crippen LogP contribution in [0.15, 0.2) is 15.3 Å². The molecule has 1 amide bonds. The molecular weight excluding hydrogens is 358 g/mol. The van der Waals surface area contributed by atoms with E-state index in [1.807, 2.05) is 0 Å². The number of nitrogens with one attached hydrogen (secondary N) is 1. The van der Waals surface area contributed by atoms with E-state index in [1.165, 1.54) is 4.90 Å². The van der Waals surface area contributed by atoms with Crippen molar-refractivity contribution in [2.45, 2.75) is 43.8 Å². The van der Waals surface area contributed by atoms with E-state index >= 15 is 0 Å². The molecule has 1 unspecified atom stereocenters. The van der Waals surface area contributed by atoms with Crippen molar-refractivity contribution in [3.8, 4) is 0 Å². The third kappa shape index (κ3) is 3.99. The molecule has 9 heteroatoms. The average Bonchev–Trinajstić information content (AvgIpc) is 2.61. The van der Waals surface area contributed by atoms with Gasteiger partial charge in [0.05, 0.1) is 5.25 Å². The SMILES string of the molecule is Cc1cc(C2CCCNC2)oc(=O)c1C(=O)N1CCC(S(N)(=O)=O)CC1. The fraction of sp³-hybridized carbons (Fsp3) is 0.647. The fourth-order valence-electron chi connectivity index (χ4n) is 3.73. The minimum Gasteiger partial charge on any atom is -0.427 e. The van der Waals surface area contributed by atoms with Crippen LogP contribution in [-0.4, -0.2) is 50.7 Å². The van der Waals surface area contributed by atoms with E-state index in [0.717, 1.165) is 25.9 Å². The monoisotopic (exact) mass is 383 g/mol. The minimum absolute atomic E-state index is 0.0339. The summed E-state index contributed by atoms with van der Waals surface area (Å²) in [5.74, 6) is 0.353. The zero-order valence-corrected chi connectivity index (χ0v) is 15.7. The molecule has 1 atom stereocenters. The number of carbonyl (C=O) groups is 1. The maximum absolute atomic E-state index is 12.8. The summed E-state index contributed by atoms with van der Waals surface area (Å²) in [6, 6.07) is 1.78. The number of hydrogen-bond acceptors (Lipinski definition) is 6. The van der Waals surface area contributed by atoms with Crippen LogP contribution in [0.2, 0.25) is 0 Å². The van der Waals surface area contributed by atoms with Gasteiger partial charge in [-0.1, -0.05) is 0 Å². The van der Waals surface area contributed by atoms with Crippen molar-refractivity contribution >= 4 is 15.9 Å². The molecule has 144 valence electrons. The van der Waals surface area contributed by atoms with Crippen molar-refractivity contribution in [1.29, 1.82) is 0 Å². The van der Waals surface area contributed by atoms with Gasteiger partial charge in [-0.25, -0.2) is 18.4 Å². The Balaban J connectivity index is 1.77. The number of nitrogens with zero attached hydrogens (tertiary/aromatic N) is 1. The normalized spacial score (nSPS) is 22.4. The highest BCUT2D eigenvalue weighted by Crippen LogP contribution is 2.24. The van der Waals surface area contributed by atoms with Crippen LogP contribution in [0, 0.1) is 6.92 Å². The van der Waals surface area contributed by atoms with E-state index in [1.54, 1.807) is 13.0 Å². The van der Waals surface area contributed by atoms with Gasteiger partial charge >= 0.3 is 5.63 Å². The molecule has 0 aliphatic carbocycles. The van der Waals surface area contributed by atoms with Gasteiger partial charge in [0.2, 0.25) is 10.0 Å². The van der Waals surface area contributed by atoms with Crippen molar-refractivity contribution in [3.05, 3.63) is 33.4 Å². The predicted octanol–water partition coefficient (Wildman–Crippen LogP) is 0.308. The highest BCUT2D eigenvalue weighted by atomic mass is 32.2. The van der Waals surface area contributed by atoms with Crippen molar-refractivity contribution in [2.24, 2.45) is 5.14 Å². The second kappa shape index (κ2) is 7.50. The van der Waals surface area contributed by atoms with E-state index in [0.29, 0.717) is 11.3 Å². The Morgan fingerprint density at radius 1 is 1.31 bits per heavy atom. The summed E-state index contributed by atoms with van der Waals surface area (Å²) in [6.45, 7) is 3.97. The van der Waals surface area contributed by atoms with E-state index in [4.69, 9.17) is 9.56 Å². The molecule has 0 bridgehead atoms. The van der Waals surface area contributed by atoms with E-state index in [2.05, 4.69) is 5.32 Å². The first-order valence-electron chi connectivity index (χ1n) is 8.93. The van der Waals surface area contributed by atoms with Crippen LogP contribution in [0.5, 0.6) is 0 Å². The summed E-state index contributed by atoms with van der Waals surface area (Å²) in [4.78, 5) is 26.7. The Kier molecular flexibility index (Phi) is 5.50. The smallest absolute Gasteiger partial charge is 0.349 e. The van der Waals surface area contributed by atoms with Gasteiger partial charge in [-0.2, -0.15) is 0 Å². The number of aryl methyl sites for hydroxylation is 1. The topological polar surface area (TPSA) is 123 Å². The van der Waals surface area contributed by atoms with Gasteiger partial charge in [-0.05, 0) is 50.8 Å². The first-order valence-corrected chi connectivity index (χ1v) is 10.5. The van der Waals surface area contributed by atoms with Crippen LogP contribution in [-0.2, 0) is 10.0 Å². The first kappa shape index (κ1) is 19.1. The van der Waals surface area contributed by atoms with E-state index < -0.39 is 26.8 Å². The van der Waals surface area contributed by atoms with Crippen LogP contribution in [0.1, 0.15) is 53.3 Å². The Hall–Kier alpha value is -1.71. The number of primary sulfonamides is 1. The van der Waals surface area contributed by atoms with Gasteiger partial charge in [0.15, 0.2) is 0 Å². The van der Waals surface area contributed by atoms with E-state index in [9.17, 15) is 18.0 Å². The maximum atomic E-state index is 12.8. The average molecular weight is 383 g/mol.